The lowest BCUT2D eigenvalue weighted by Gasteiger charge is -2.31. The van der Waals surface area contributed by atoms with Crippen molar-refractivity contribution < 1.29 is 4.79 Å². The molecule has 4 nitrogen and oxygen atoms in total. The zero-order valence-electron chi connectivity index (χ0n) is 11.3. The van der Waals surface area contributed by atoms with Gasteiger partial charge in [-0.15, -0.1) is 0 Å². The van der Waals surface area contributed by atoms with E-state index in [1.54, 1.807) is 0 Å². The standard InChI is InChI=1S/C13H25N3O/c1-13(2)6-9-16(10-13)12(17)14-11-4-7-15(3)8-5-11/h11H,4-10H2,1-3H3,(H,14,17). The summed E-state index contributed by atoms with van der Waals surface area (Å²) >= 11 is 0. The Balaban J connectivity index is 1.78. The van der Waals surface area contributed by atoms with Crippen LogP contribution in [0.1, 0.15) is 33.1 Å². The van der Waals surface area contributed by atoms with Gasteiger partial charge in [0.1, 0.15) is 0 Å². The number of rotatable bonds is 1. The van der Waals surface area contributed by atoms with Gasteiger partial charge in [0.05, 0.1) is 0 Å². The van der Waals surface area contributed by atoms with E-state index < -0.39 is 0 Å². The lowest BCUT2D eigenvalue weighted by atomic mass is 9.93. The minimum Gasteiger partial charge on any atom is -0.335 e. The Hall–Kier alpha value is -0.770. The number of carbonyl (C=O) groups is 1. The summed E-state index contributed by atoms with van der Waals surface area (Å²) in [5, 5.41) is 3.18. The van der Waals surface area contributed by atoms with E-state index in [4.69, 9.17) is 0 Å². The molecular formula is C13H25N3O. The van der Waals surface area contributed by atoms with Crippen molar-refractivity contribution in [3.63, 3.8) is 0 Å². The third-order valence-corrected chi connectivity index (χ3v) is 4.01. The van der Waals surface area contributed by atoms with Crippen LogP contribution in [0.3, 0.4) is 0 Å². The van der Waals surface area contributed by atoms with Crippen LogP contribution in [0.25, 0.3) is 0 Å². The van der Waals surface area contributed by atoms with E-state index in [9.17, 15) is 4.79 Å². The first-order valence-corrected chi connectivity index (χ1v) is 6.70. The Labute approximate surface area is 104 Å². The van der Waals surface area contributed by atoms with Crippen LogP contribution >= 0.6 is 0 Å². The zero-order chi connectivity index (χ0) is 12.5. The molecule has 2 heterocycles. The molecule has 0 aliphatic carbocycles. The molecule has 1 N–H and O–H groups in total. The van der Waals surface area contributed by atoms with E-state index in [0.717, 1.165) is 45.4 Å². The number of hydrogen-bond acceptors (Lipinski definition) is 2. The maximum Gasteiger partial charge on any atom is 0.317 e. The van der Waals surface area contributed by atoms with Crippen LogP contribution in [0.5, 0.6) is 0 Å². The topological polar surface area (TPSA) is 35.6 Å². The van der Waals surface area contributed by atoms with Crippen LogP contribution < -0.4 is 5.32 Å². The van der Waals surface area contributed by atoms with Gasteiger partial charge in [0.25, 0.3) is 0 Å². The first-order valence-electron chi connectivity index (χ1n) is 6.70. The first-order chi connectivity index (χ1) is 7.96. The van der Waals surface area contributed by atoms with Gasteiger partial charge in [-0.3, -0.25) is 0 Å². The van der Waals surface area contributed by atoms with E-state index in [2.05, 4.69) is 31.1 Å². The number of piperidine rings is 1. The Morgan fingerprint density at radius 3 is 2.41 bits per heavy atom. The van der Waals surface area contributed by atoms with E-state index in [-0.39, 0.29) is 6.03 Å². The molecule has 0 unspecified atom stereocenters. The summed E-state index contributed by atoms with van der Waals surface area (Å²) in [4.78, 5) is 16.4. The molecule has 2 amide bonds. The van der Waals surface area contributed by atoms with Gasteiger partial charge >= 0.3 is 6.03 Å². The second-order valence-electron chi connectivity index (χ2n) is 6.36. The van der Waals surface area contributed by atoms with Crippen molar-refractivity contribution in [1.29, 1.82) is 0 Å². The quantitative estimate of drug-likeness (QED) is 0.753. The van der Waals surface area contributed by atoms with Gasteiger partial charge in [-0.25, -0.2) is 4.79 Å². The molecule has 0 atom stereocenters. The summed E-state index contributed by atoms with van der Waals surface area (Å²) in [5.74, 6) is 0. The van der Waals surface area contributed by atoms with Crippen molar-refractivity contribution in [3.05, 3.63) is 0 Å². The molecule has 4 heteroatoms. The van der Waals surface area contributed by atoms with Gasteiger partial charge in [0, 0.05) is 19.1 Å². The molecule has 2 aliphatic heterocycles. The second-order valence-corrected chi connectivity index (χ2v) is 6.36. The SMILES string of the molecule is CN1CCC(NC(=O)N2CCC(C)(C)C2)CC1. The highest BCUT2D eigenvalue weighted by Gasteiger charge is 2.32. The first kappa shape index (κ1) is 12.7. The number of carbonyl (C=O) groups excluding carboxylic acids is 1. The predicted octanol–water partition coefficient (Wildman–Crippen LogP) is 1.52. The number of likely N-dealkylation sites (tertiary alicyclic amines) is 2. The average molecular weight is 239 g/mol. The Morgan fingerprint density at radius 1 is 1.24 bits per heavy atom. The normalized spacial score (nSPS) is 26.2. The predicted molar refractivity (Wildman–Crippen MR) is 69.0 cm³/mol. The zero-order valence-corrected chi connectivity index (χ0v) is 11.3. The van der Waals surface area contributed by atoms with Crippen molar-refractivity contribution in [3.8, 4) is 0 Å². The summed E-state index contributed by atoms with van der Waals surface area (Å²) in [6.07, 6.45) is 3.28. The third-order valence-electron chi connectivity index (χ3n) is 4.01. The molecule has 98 valence electrons. The van der Waals surface area contributed by atoms with Crippen molar-refractivity contribution >= 4 is 6.03 Å². The van der Waals surface area contributed by atoms with E-state index >= 15 is 0 Å². The van der Waals surface area contributed by atoms with Crippen LogP contribution in [0.15, 0.2) is 0 Å². The number of amides is 2. The fraction of sp³-hybridized carbons (Fsp3) is 0.923. The van der Waals surface area contributed by atoms with Crippen LogP contribution in [-0.2, 0) is 0 Å². The lowest BCUT2D eigenvalue weighted by molar-refractivity contribution is 0.185. The van der Waals surface area contributed by atoms with E-state index in [1.165, 1.54) is 0 Å². The highest BCUT2D eigenvalue weighted by molar-refractivity contribution is 5.74. The number of nitrogens with one attached hydrogen (secondary N) is 1. The molecule has 2 saturated heterocycles. The molecule has 2 rings (SSSR count). The van der Waals surface area contributed by atoms with Crippen molar-refractivity contribution in [2.45, 2.75) is 39.2 Å². The Morgan fingerprint density at radius 2 is 1.88 bits per heavy atom. The van der Waals surface area contributed by atoms with Gasteiger partial charge in [-0.2, -0.15) is 0 Å². The molecule has 2 aliphatic rings. The van der Waals surface area contributed by atoms with Crippen LogP contribution in [-0.4, -0.2) is 55.1 Å². The summed E-state index contributed by atoms with van der Waals surface area (Å²) < 4.78 is 0. The minimum absolute atomic E-state index is 0.144. The number of nitrogens with zero attached hydrogens (tertiary/aromatic N) is 2. The smallest absolute Gasteiger partial charge is 0.317 e. The molecule has 0 bridgehead atoms. The molecule has 17 heavy (non-hydrogen) atoms. The molecule has 0 saturated carbocycles. The average Bonchev–Trinajstić information content (AvgIpc) is 2.62. The number of urea groups is 1. The largest absolute Gasteiger partial charge is 0.335 e. The van der Waals surface area contributed by atoms with Crippen LogP contribution in [0.2, 0.25) is 0 Å². The summed E-state index contributed by atoms with van der Waals surface area (Å²) in [6.45, 7) is 8.45. The lowest BCUT2D eigenvalue weighted by Crippen LogP contribution is -2.48. The Kier molecular flexibility index (Phi) is 3.61. The molecule has 0 aromatic rings. The maximum absolute atomic E-state index is 12.1. The fourth-order valence-corrected chi connectivity index (χ4v) is 2.70. The van der Waals surface area contributed by atoms with Gasteiger partial charge in [-0.1, -0.05) is 13.8 Å². The summed E-state index contributed by atoms with van der Waals surface area (Å²) in [7, 11) is 2.14. The van der Waals surface area contributed by atoms with Crippen LogP contribution in [0.4, 0.5) is 4.79 Å². The summed E-state index contributed by atoms with van der Waals surface area (Å²) in [6, 6.07) is 0.521. The van der Waals surface area contributed by atoms with Gasteiger partial charge in [0.2, 0.25) is 0 Å². The fourth-order valence-electron chi connectivity index (χ4n) is 2.70. The summed E-state index contributed by atoms with van der Waals surface area (Å²) in [5.41, 5.74) is 0.296. The Bertz CT molecular complexity index is 282. The highest BCUT2D eigenvalue weighted by Crippen LogP contribution is 2.28. The van der Waals surface area contributed by atoms with Gasteiger partial charge in [0.15, 0.2) is 0 Å². The number of hydrogen-bond donors (Lipinski definition) is 1. The molecule has 0 radical (unpaired) electrons. The molecular weight excluding hydrogens is 214 g/mol. The molecule has 0 aromatic carbocycles. The van der Waals surface area contributed by atoms with Crippen molar-refractivity contribution in [2.24, 2.45) is 5.41 Å². The third kappa shape index (κ3) is 3.35. The van der Waals surface area contributed by atoms with E-state index in [0.29, 0.717) is 11.5 Å². The van der Waals surface area contributed by atoms with Crippen LogP contribution in [0, 0.1) is 5.41 Å². The molecule has 2 fully saturated rings. The van der Waals surface area contributed by atoms with Crippen molar-refractivity contribution in [2.75, 3.05) is 33.2 Å². The monoisotopic (exact) mass is 239 g/mol. The van der Waals surface area contributed by atoms with Gasteiger partial charge in [-0.05, 0) is 44.8 Å². The maximum atomic E-state index is 12.1. The second kappa shape index (κ2) is 4.84. The van der Waals surface area contributed by atoms with E-state index in [1.807, 2.05) is 4.90 Å². The molecule has 0 spiro atoms. The highest BCUT2D eigenvalue weighted by atomic mass is 16.2. The molecule has 0 aromatic heterocycles. The van der Waals surface area contributed by atoms with Gasteiger partial charge < -0.3 is 15.1 Å². The minimum atomic E-state index is 0.144. The van der Waals surface area contributed by atoms with Crippen molar-refractivity contribution in [1.82, 2.24) is 15.1 Å².